The van der Waals surface area contributed by atoms with Crippen LogP contribution in [0, 0.1) is 0 Å². The molecule has 1 aliphatic heterocycles. The van der Waals surface area contributed by atoms with Gasteiger partial charge in [0.1, 0.15) is 5.75 Å². The zero-order valence-corrected chi connectivity index (χ0v) is 12.0. The molecule has 22 heavy (non-hydrogen) atoms. The third-order valence-corrected chi connectivity index (χ3v) is 3.53. The van der Waals surface area contributed by atoms with Crippen LogP contribution in [0.5, 0.6) is 5.75 Å². The quantitative estimate of drug-likeness (QED) is 0.885. The van der Waals surface area contributed by atoms with E-state index in [0.717, 1.165) is 5.01 Å². The number of hydrogen-bond donors (Lipinski definition) is 2. The van der Waals surface area contributed by atoms with Crippen LogP contribution >= 0.6 is 0 Å². The average molecular weight is 297 g/mol. The Kier molecular flexibility index (Phi) is 3.38. The zero-order chi connectivity index (χ0) is 15.7. The second-order valence-electron chi connectivity index (χ2n) is 5.24. The number of aliphatic hydroxyl groups is 1. The first-order chi connectivity index (χ1) is 10.5. The summed E-state index contributed by atoms with van der Waals surface area (Å²) in [6, 6.07) is 9.34. The fraction of sp³-hybridized carbons (Fsp3) is 0.188. The van der Waals surface area contributed by atoms with Gasteiger partial charge in [0.15, 0.2) is 5.72 Å². The molecule has 0 aliphatic carbocycles. The molecule has 1 amide bonds. The number of phenols is 1. The molecule has 6 heteroatoms. The molecule has 0 radical (unpaired) electrons. The predicted molar refractivity (Wildman–Crippen MR) is 80.1 cm³/mol. The van der Waals surface area contributed by atoms with Gasteiger partial charge in [-0.05, 0) is 31.2 Å². The van der Waals surface area contributed by atoms with Gasteiger partial charge in [0, 0.05) is 35.7 Å². The van der Waals surface area contributed by atoms with Crippen molar-refractivity contribution in [3.05, 3.63) is 59.9 Å². The molecule has 0 bridgehead atoms. The van der Waals surface area contributed by atoms with Crippen molar-refractivity contribution < 1.29 is 15.0 Å². The van der Waals surface area contributed by atoms with Gasteiger partial charge in [-0.1, -0.05) is 12.1 Å². The monoisotopic (exact) mass is 297 g/mol. The molecular weight excluding hydrogens is 282 g/mol. The first kappa shape index (κ1) is 14.2. The van der Waals surface area contributed by atoms with E-state index in [0.29, 0.717) is 11.3 Å². The largest absolute Gasteiger partial charge is 0.508 e. The zero-order valence-electron chi connectivity index (χ0n) is 12.0. The number of hydrogen-bond acceptors (Lipinski definition) is 5. The Balaban J connectivity index is 2.02. The van der Waals surface area contributed by atoms with Crippen LogP contribution in [-0.4, -0.2) is 31.8 Å². The van der Waals surface area contributed by atoms with E-state index in [4.69, 9.17) is 0 Å². The first-order valence-corrected chi connectivity index (χ1v) is 6.81. The molecule has 0 saturated carbocycles. The lowest BCUT2D eigenvalue weighted by molar-refractivity contribution is -0.0767. The minimum absolute atomic E-state index is 0.0179. The Morgan fingerprint density at radius 1 is 1.32 bits per heavy atom. The van der Waals surface area contributed by atoms with Crippen LogP contribution in [0.3, 0.4) is 0 Å². The molecule has 0 unspecified atom stereocenters. The number of pyridine rings is 1. The topological polar surface area (TPSA) is 86.0 Å². The molecule has 1 aliphatic rings. The van der Waals surface area contributed by atoms with E-state index in [9.17, 15) is 15.0 Å². The lowest BCUT2D eigenvalue weighted by Crippen LogP contribution is -2.43. The lowest BCUT2D eigenvalue weighted by atomic mass is 9.99. The van der Waals surface area contributed by atoms with Crippen LogP contribution in [0.15, 0.2) is 53.9 Å². The number of phenolic OH excluding ortho intramolecular Hbond substituents is 1. The summed E-state index contributed by atoms with van der Waals surface area (Å²) in [7, 11) is 0. The highest BCUT2D eigenvalue weighted by Gasteiger charge is 2.45. The van der Waals surface area contributed by atoms with E-state index in [1.54, 1.807) is 37.4 Å². The van der Waals surface area contributed by atoms with Crippen molar-refractivity contribution in [2.75, 3.05) is 0 Å². The summed E-state index contributed by atoms with van der Waals surface area (Å²) in [5.74, 6) is -0.505. The van der Waals surface area contributed by atoms with Gasteiger partial charge in [0.2, 0.25) is 0 Å². The third kappa shape index (κ3) is 2.33. The number of nitrogens with zero attached hydrogens (tertiary/aromatic N) is 3. The van der Waals surface area contributed by atoms with Gasteiger partial charge in [-0.15, -0.1) is 0 Å². The summed E-state index contributed by atoms with van der Waals surface area (Å²) < 4.78 is 0. The Morgan fingerprint density at radius 2 is 2.14 bits per heavy atom. The van der Waals surface area contributed by atoms with Crippen molar-refractivity contribution in [1.29, 1.82) is 0 Å². The van der Waals surface area contributed by atoms with E-state index in [1.807, 2.05) is 0 Å². The van der Waals surface area contributed by atoms with Gasteiger partial charge in [0.05, 0.1) is 0 Å². The normalized spacial score (nSPS) is 20.8. The molecule has 112 valence electrons. The number of aromatic hydroxyl groups is 1. The Bertz CT molecular complexity index is 745. The van der Waals surface area contributed by atoms with Crippen molar-refractivity contribution in [1.82, 2.24) is 9.99 Å². The van der Waals surface area contributed by atoms with Gasteiger partial charge >= 0.3 is 0 Å². The number of hydrazone groups is 1. The molecule has 0 saturated heterocycles. The van der Waals surface area contributed by atoms with Gasteiger partial charge in [0.25, 0.3) is 5.91 Å². The molecule has 2 aromatic rings. The van der Waals surface area contributed by atoms with Crippen molar-refractivity contribution in [3.8, 4) is 5.75 Å². The molecule has 3 rings (SSSR count). The highest BCUT2D eigenvalue weighted by Crippen LogP contribution is 2.36. The fourth-order valence-electron chi connectivity index (χ4n) is 2.52. The van der Waals surface area contributed by atoms with Crippen LogP contribution in [0.1, 0.15) is 29.3 Å². The minimum atomic E-state index is -1.57. The molecule has 0 spiro atoms. The maximum atomic E-state index is 12.7. The van der Waals surface area contributed by atoms with Crippen LogP contribution in [0.2, 0.25) is 0 Å². The molecule has 1 aromatic heterocycles. The van der Waals surface area contributed by atoms with Crippen molar-refractivity contribution in [2.45, 2.75) is 19.1 Å². The van der Waals surface area contributed by atoms with Crippen molar-refractivity contribution in [3.63, 3.8) is 0 Å². The standard InChI is InChI=1S/C16H15N3O3/c1-11-9-16(22,13-5-3-7-17-10-13)19(18-11)15(21)12-4-2-6-14(20)8-12/h2-8,10,20,22H,9H2,1H3/t16-/m0/s1. The van der Waals surface area contributed by atoms with E-state index >= 15 is 0 Å². The number of carbonyl (C=O) groups is 1. The van der Waals surface area contributed by atoms with E-state index in [1.165, 1.54) is 18.3 Å². The van der Waals surface area contributed by atoms with Crippen LogP contribution < -0.4 is 0 Å². The number of aromatic nitrogens is 1. The van der Waals surface area contributed by atoms with E-state index < -0.39 is 11.6 Å². The lowest BCUT2D eigenvalue weighted by Gasteiger charge is -2.31. The highest BCUT2D eigenvalue weighted by atomic mass is 16.3. The van der Waals surface area contributed by atoms with Gasteiger partial charge in [-0.25, -0.2) is 0 Å². The summed E-state index contributed by atoms with van der Waals surface area (Å²) in [6.07, 6.45) is 3.32. The average Bonchev–Trinajstić information content (AvgIpc) is 2.83. The Hall–Kier alpha value is -2.73. The molecule has 1 atom stereocenters. The maximum Gasteiger partial charge on any atom is 0.277 e. The van der Waals surface area contributed by atoms with Crippen LogP contribution in [-0.2, 0) is 5.72 Å². The SMILES string of the molecule is CC1=NN(C(=O)c2cccc(O)c2)[C@@](O)(c2cccnc2)C1. The van der Waals surface area contributed by atoms with Crippen molar-refractivity contribution >= 4 is 11.6 Å². The van der Waals surface area contributed by atoms with Crippen LogP contribution in [0.25, 0.3) is 0 Å². The smallest absolute Gasteiger partial charge is 0.277 e. The van der Waals surface area contributed by atoms with E-state index in [-0.39, 0.29) is 17.7 Å². The molecule has 6 nitrogen and oxygen atoms in total. The Labute approximate surface area is 127 Å². The number of rotatable bonds is 2. The molecular formula is C16H15N3O3. The third-order valence-electron chi connectivity index (χ3n) is 3.53. The number of carbonyl (C=O) groups excluding carboxylic acids is 1. The summed E-state index contributed by atoms with van der Waals surface area (Å²) in [5.41, 5.74) is -0.189. The number of benzene rings is 1. The second-order valence-corrected chi connectivity index (χ2v) is 5.24. The first-order valence-electron chi connectivity index (χ1n) is 6.81. The molecule has 1 aromatic carbocycles. The summed E-state index contributed by atoms with van der Waals surface area (Å²) in [4.78, 5) is 16.7. The van der Waals surface area contributed by atoms with Gasteiger partial charge in [-0.2, -0.15) is 10.1 Å². The summed E-state index contributed by atoms with van der Waals surface area (Å²) in [5, 5.41) is 25.7. The fourth-order valence-corrected chi connectivity index (χ4v) is 2.52. The summed E-state index contributed by atoms with van der Waals surface area (Å²) in [6.45, 7) is 1.75. The van der Waals surface area contributed by atoms with Crippen molar-refractivity contribution in [2.24, 2.45) is 5.10 Å². The maximum absolute atomic E-state index is 12.7. The summed E-state index contributed by atoms with van der Waals surface area (Å²) >= 11 is 0. The van der Waals surface area contributed by atoms with Gasteiger partial charge < -0.3 is 10.2 Å². The minimum Gasteiger partial charge on any atom is -0.508 e. The highest BCUT2D eigenvalue weighted by molar-refractivity contribution is 5.98. The number of amides is 1. The second kappa shape index (κ2) is 5.23. The van der Waals surface area contributed by atoms with Gasteiger partial charge in [-0.3, -0.25) is 9.78 Å². The Morgan fingerprint density at radius 3 is 2.82 bits per heavy atom. The van der Waals surface area contributed by atoms with E-state index in [2.05, 4.69) is 10.1 Å². The molecule has 2 heterocycles. The molecule has 0 fully saturated rings. The molecule has 2 N–H and O–H groups in total. The predicted octanol–water partition coefficient (Wildman–Crippen LogP) is 1.85. The van der Waals surface area contributed by atoms with Crippen LogP contribution in [0.4, 0.5) is 0 Å².